The Kier molecular flexibility index (Phi) is 8.99. The fraction of sp³-hybridized carbons (Fsp3) is 0.474. The average Bonchev–Trinajstić information content (AvgIpc) is 3.01. The molecule has 0 unspecified atom stereocenters. The van der Waals surface area contributed by atoms with Gasteiger partial charge in [0.05, 0.1) is 30.8 Å². The summed E-state index contributed by atoms with van der Waals surface area (Å²) >= 11 is 2.85. The summed E-state index contributed by atoms with van der Waals surface area (Å²) in [6, 6.07) is 5.54. The van der Waals surface area contributed by atoms with Crippen LogP contribution in [0.5, 0.6) is 0 Å². The number of aliphatic imine (C=N–C) groups is 1. The van der Waals surface area contributed by atoms with E-state index in [0.29, 0.717) is 11.4 Å². The lowest BCUT2D eigenvalue weighted by Crippen LogP contribution is -2.32. The first-order chi connectivity index (χ1) is 13.8. The van der Waals surface area contributed by atoms with E-state index >= 15 is 0 Å². The lowest BCUT2D eigenvalue weighted by Gasteiger charge is -2.21. The SMILES string of the molecule is CCCCSc1ccc(N2C(=O)CSC2=NC(=O)OC)c(NC(=O)CN(C)C)c1. The molecule has 0 spiro atoms. The van der Waals surface area contributed by atoms with Gasteiger partial charge < -0.3 is 15.0 Å². The molecule has 0 atom stereocenters. The summed E-state index contributed by atoms with van der Waals surface area (Å²) in [4.78, 5) is 44.4. The molecule has 0 aliphatic carbocycles. The maximum atomic E-state index is 12.5. The molecule has 158 valence electrons. The minimum atomic E-state index is -0.780. The number of hydrogen-bond donors (Lipinski definition) is 1. The Hall–Kier alpha value is -2.04. The van der Waals surface area contributed by atoms with Gasteiger partial charge in [-0.1, -0.05) is 25.1 Å². The van der Waals surface area contributed by atoms with Crippen LogP contribution in [0.1, 0.15) is 19.8 Å². The number of amidine groups is 1. The number of amides is 3. The minimum Gasteiger partial charge on any atom is -0.451 e. The number of nitrogens with one attached hydrogen (secondary N) is 1. The number of thioether (sulfide) groups is 2. The molecule has 8 nitrogen and oxygen atoms in total. The number of hydrogen-bond acceptors (Lipinski definition) is 7. The molecule has 0 aromatic heterocycles. The summed E-state index contributed by atoms with van der Waals surface area (Å²) in [5, 5.41) is 3.12. The number of nitrogens with zero attached hydrogens (tertiary/aromatic N) is 3. The van der Waals surface area contributed by atoms with Gasteiger partial charge in [-0.25, -0.2) is 4.79 Å². The van der Waals surface area contributed by atoms with Crippen LogP contribution in [0.25, 0.3) is 0 Å². The van der Waals surface area contributed by atoms with Crippen LogP contribution in [0.3, 0.4) is 0 Å². The molecule has 29 heavy (non-hydrogen) atoms. The Morgan fingerprint density at radius 2 is 2.14 bits per heavy atom. The third-order valence-electron chi connectivity index (χ3n) is 3.84. The summed E-state index contributed by atoms with van der Waals surface area (Å²) in [6.45, 7) is 2.34. The average molecular weight is 439 g/mol. The van der Waals surface area contributed by atoms with Gasteiger partial charge in [-0.2, -0.15) is 4.99 Å². The van der Waals surface area contributed by atoms with E-state index in [-0.39, 0.29) is 29.3 Å². The van der Waals surface area contributed by atoms with Crippen LogP contribution in [0, 0.1) is 0 Å². The third kappa shape index (κ3) is 6.76. The van der Waals surface area contributed by atoms with Crippen molar-refractivity contribution in [3.05, 3.63) is 18.2 Å². The smallest absolute Gasteiger partial charge is 0.435 e. The van der Waals surface area contributed by atoms with Crippen molar-refractivity contribution >= 4 is 58.0 Å². The number of methoxy groups -OCH3 is 1. The Balaban J connectivity index is 2.39. The number of unbranched alkanes of at least 4 members (excludes halogenated alkanes) is 1. The second-order valence-corrected chi connectivity index (χ2v) is 8.66. The van der Waals surface area contributed by atoms with Crippen LogP contribution in [0.15, 0.2) is 28.1 Å². The fourth-order valence-corrected chi connectivity index (χ4v) is 4.40. The van der Waals surface area contributed by atoms with E-state index < -0.39 is 6.09 Å². The van der Waals surface area contributed by atoms with E-state index in [1.807, 2.05) is 12.1 Å². The van der Waals surface area contributed by atoms with Gasteiger partial charge in [-0.05, 0) is 44.5 Å². The van der Waals surface area contributed by atoms with E-state index in [0.717, 1.165) is 35.3 Å². The van der Waals surface area contributed by atoms with Gasteiger partial charge in [0, 0.05) is 4.90 Å². The molecule has 1 aromatic carbocycles. The molecule has 10 heteroatoms. The van der Waals surface area contributed by atoms with Gasteiger partial charge in [-0.3, -0.25) is 14.5 Å². The van der Waals surface area contributed by atoms with Crippen molar-refractivity contribution in [1.82, 2.24) is 4.90 Å². The molecule has 1 aliphatic rings. The summed E-state index contributed by atoms with van der Waals surface area (Å²) in [7, 11) is 4.84. The van der Waals surface area contributed by atoms with Crippen LogP contribution in [-0.4, -0.2) is 67.2 Å². The molecule has 0 radical (unpaired) electrons. The van der Waals surface area contributed by atoms with Crippen LogP contribution in [-0.2, 0) is 14.3 Å². The lowest BCUT2D eigenvalue weighted by atomic mass is 10.2. The van der Waals surface area contributed by atoms with Crippen molar-refractivity contribution < 1.29 is 19.1 Å². The zero-order chi connectivity index (χ0) is 21.4. The zero-order valence-electron chi connectivity index (χ0n) is 17.1. The summed E-state index contributed by atoms with van der Waals surface area (Å²) in [5.41, 5.74) is 0.987. The predicted molar refractivity (Wildman–Crippen MR) is 119 cm³/mol. The maximum absolute atomic E-state index is 12.5. The lowest BCUT2D eigenvalue weighted by molar-refractivity contribution is -0.117. The molecular weight excluding hydrogens is 412 g/mol. The van der Waals surface area contributed by atoms with Crippen molar-refractivity contribution in [2.75, 3.05) is 49.5 Å². The Morgan fingerprint density at radius 1 is 1.38 bits per heavy atom. The van der Waals surface area contributed by atoms with Crippen LogP contribution >= 0.6 is 23.5 Å². The number of rotatable bonds is 8. The van der Waals surface area contributed by atoms with Crippen LogP contribution in [0.4, 0.5) is 16.2 Å². The number of benzene rings is 1. The van der Waals surface area contributed by atoms with Gasteiger partial charge in [0.1, 0.15) is 0 Å². The van der Waals surface area contributed by atoms with Gasteiger partial charge >= 0.3 is 6.09 Å². The van der Waals surface area contributed by atoms with Crippen molar-refractivity contribution in [1.29, 1.82) is 0 Å². The van der Waals surface area contributed by atoms with Gasteiger partial charge in [0.15, 0.2) is 5.17 Å². The molecule has 3 amide bonds. The number of anilines is 2. The van der Waals surface area contributed by atoms with Gasteiger partial charge in [-0.15, -0.1) is 11.8 Å². The molecule has 1 aromatic rings. The number of carbonyl (C=O) groups excluding carboxylic acids is 3. The van der Waals surface area contributed by atoms with Crippen molar-refractivity contribution in [3.63, 3.8) is 0 Å². The van der Waals surface area contributed by atoms with E-state index in [9.17, 15) is 14.4 Å². The maximum Gasteiger partial charge on any atom is 0.435 e. The molecule has 1 saturated heterocycles. The largest absolute Gasteiger partial charge is 0.451 e. The highest BCUT2D eigenvalue weighted by molar-refractivity contribution is 8.15. The summed E-state index contributed by atoms with van der Waals surface area (Å²) in [6.07, 6.45) is 1.41. The molecule has 1 aliphatic heterocycles. The Morgan fingerprint density at radius 3 is 2.79 bits per heavy atom. The van der Waals surface area contributed by atoms with Crippen molar-refractivity contribution in [2.24, 2.45) is 4.99 Å². The van der Waals surface area contributed by atoms with Gasteiger partial charge in [0.25, 0.3) is 0 Å². The highest BCUT2D eigenvalue weighted by Crippen LogP contribution is 2.36. The normalized spacial score (nSPS) is 15.3. The Labute approximate surface area is 179 Å². The zero-order valence-corrected chi connectivity index (χ0v) is 18.7. The summed E-state index contributed by atoms with van der Waals surface area (Å²) in [5.74, 6) is 0.715. The van der Waals surface area contributed by atoms with E-state index in [4.69, 9.17) is 0 Å². The van der Waals surface area contributed by atoms with Crippen LogP contribution in [0.2, 0.25) is 0 Å². The van der Waals surface area contributed by atoms with Crippen molar-refractivity contribution in [3.8, 4) is 0 Å². The first-order valence-electron chi connectivity index (χ1n) is 9.19. The number of ether oxygens (including phenoxy) is 1. The van der Waals surface area contributed by atoms with E-state index in [2.05, 4.69) is 22.0 Å². The Bertz CT molecular complexity index is 798. The first-order valence-corrected chi connectivity index (χ1v) is 11.2. The monoisotopic (exact) mass is 438 g/mol. The third-order valence-corrected chi connectivity index (χ3v) is 5.84. The number of likely N-dealkylation sites (N-methyl/N-ethyl adjacent to an activating group) is 1. The molecule has 1 fully saturated rings. The molecule has 1 N–H and O–H groups in total. The predicted octanol–water partition coefficient (Wildman–Crippen LogP) is 3.28. The molecular formula is C19H26N4O4S2. The summed E-state index contributed by atoms with van der Waals surface area (Å²) < 4.78 is 4.59. The topological polar surface area (TPSA) is 91.3 Å². The highest BCUT2D eigenvalue weighted by Gasteiger charge is 2.32. The quantitative estimate of drug-likeness (QED) is 0.492. The molecule has 0 bridgehead atoms. The molecule has 1 heterocycles. The fourth-order valence-electron chi connectivity index (χ4n) is 2.52. The first kappa shape index (κ1) is 23.2. The highest BCUT2D eigenvalue weighted by atomic mass is 32.2. The minimum absolute atomic E-state index is 0.161. The van der Waals surface area contributed by atoms with E-state index in [1.165, 1.54) is 12.0 Å². The molecule has 0 saturated carbocycles. The van der Waals surface area contributed by atoms with Crippen LogP contribution < -0.4 is 10.2 Å². The second-order valence-electron chi connectivity index (χ2n) is 6.55. The van der Waals surface area contributed by atoms with Crippen molar-refractivity contribution in [2.45, 2.75) is 24.7 Å². The second kappa shape index (κ2) is 11.2. The standard InChI is InChI=1S/C19H26N4O4S2/c1-5-6-9-28-13-7-8-15(14(10-13)20-16(24)11-22(2)3)23-17(25)12-29-18(23)21-19(26)27-4/h7-8,10H,5-6,9,11-12H2,1-4H3,(H,20,24). The number of carbonyl (C=O) groups is 3. The van der Waals surface area contributed by atoms with E-state index in [1.54, 1.807) is 36.8 Å². The molecule has 2 rings (SSSR count). The van der Waals surface area contributed by atoms with Gasteiger partial charge in [0.2, 0.25) is 11.8 Å².